The highest BCUT2D eigenvalue weighted by Gasteiger charge is 2.19. The molecule has 5 heteroatoms. The first-order valence-electron chi connectivity index (χ1n) is 5.52. The molecule has 1 aliphatic heterocycles. The van der Waals surface area contributed by atoms with Crippen LogP contribution in [0.1, 0.15) is 12.5 Å². The van der Waals surface area contributed by atoms with Crippen molar-refractivity contribution in [3.63, 3.8) is 0 Å². The lowest BCUT2D eigenvalue weighted by Gasteiger charge is -2.05. The molecule has 0 spiro atoms. The summed E-state index contributed by atoms with van der Waals surface area (Å²) in [4.78, 5) is 2.38. The second-order valence-corrected chi connectivity index (χ2v) is 5.30. The van der Waals surface area contributed by atoms with Gasteiger partial charge in [0.05, 0.1) is 11.2 Å². The summed E-state index contributed by atoms with van der Waals surface area (Å²) in [5.74, 6) is -0.194. The van der Waals surface area contributed by atoms with Crippen LogP contribution in [0.2, 0.25) is 0 Å². The molecule has 1 atom stereocenters. The normalized spacial score (nSPS) is 18.2. The molecule has 0 aliphatic carbocycles. The van der Waals surface area contributed by atoms with Gasteiger partial charge in [-0.2, -0.15) is 0 Å². The minimum absolute atomic E-state index is 0.194. The van der Waals surface area contributed by atoms with E-state index in [1.54, 1.807) is 12.4 Å². The number of hydrogen-bond acceptors (Lipinski definition) is 3. The van der Waals surface area contributed by atoms with Crippen molar-refractivity contribution in [2.24, 2.45) is 4.40 Å². The van der Waals surface area contributed by atoms with Crippen molar-refractivity contribution < 1.29 is 4.39 Å². The van der Waals surface area contributed by atoms with Gasteiger partial charge in [0, 0.05) is 37.8 Å². The summed E-state index contributed by atoms with van der Waals surface area (Å²) in [7, 11) is 3.76. The van der Waals surface area contributed by atoms with E-state index in [0.717, 1.165) is 29.6 Å². The predicted molar refractivity (Wildman–Crippen MR) is 71.2 cm³/mol. The van der Waals surface area contributed by atoms with Crippen molar-refractivity contribution in [2.45, 2.75) is 24.3 Å². The molecule has 17 heavy (non-hydrogen) atoms. The molecule has 0 radical (unpaired) electrons. The van der Waals surface area contributed by atoms with Gasteiger partial charge in [-0.15, -0.1) is 0 Å². The number of hydrogen-bond donors (Lipinski definition) is 1. The quantitative estimate of drug-likeness (QED) is 0.510. The van der Waals surface area contributed by atoms with Crippen LogP contribution in [-0.4, -0.2) is 31.4 Å². The SMILES string of the molecule is CC1Cc2cc(F)c(S/N=C/N(C)C)cc2N1. The molecular weight excluding hydrogens is 237 g/mol. The van der Waals surface area contributed by atoms with E-state index in [1.165, 1.54) is 0 Å². The molecule has 1 aliphatic rings. The van der Waals surface area contributed by atoms with Gasteiger partial charge >= 0.3 is 0 Å². The van der Waals surface area contributed by atoms with Crippen LogP contribution in [0.15, 0.2) is 21.4 Å². The molecule has 1 N–H and O–H groups in total. The van der Waals surface area contributed by atoms with Gasteiger partial charge in [-0.05, 0) is 31.0 Å². The predicted octanol–water partition coefficient (Wildman–Crippen LogP) is 2.78. The number of rotatable bonds is 3. The van der Waals surface area contributed by atoms with Gasteiger partial charge in [0.25, 0.3) is 0 Å². The van der Waals surface area contributed by atoms with E-state index >= 15 is 0 Å². The second-order valence-electron chi connectivity index (χ2n) is 4.47. The maximum atomic E-state index is 13.8. The molecule has 1 aromatic rings. The number of halogens is 1. The van der Waals surface area contributed by atoms with Crippen molar-refractivity contribution in [2.75, 3.05) is 19.4 Å². The first-order chi connectivity index (χ1) is 8.06. The molecule has 1 heterocycles. The van der Waals surface area contributed by atoms with Gasteiger partial charge in [-0.3, -0.25) is 0 Å². The zero-order valence-electron chi connectivity index (χ0n) is 10.2. The van der Waals surface area contributed by atoms with Crippen LogP contribution < -0.4 is 5.32 Å². The zero-order chi connectivity index (χ0) is 12.4. The molecule has 0 saturated carbocycles. The van der Waals surface area contributed by atoms with E-state index in [2.05, 4.69) is 16.6 Å². The van der Waals surface area contributed by atoms with Gasteiger partial charge in [-0.25, -0.2) is 8.79 Å². The summed E-state index contributed by atoms with van der Waals surface area (Å²) >= 11 is 1.16. The number of anilines is 1. The van der Waals surface area contributed by atoms with Crippen LogP contribution >= 0.6 is 11.9 Å². The average Bonchev–Trinajstić information content (AvgIpc) is 2.57. The lowest BCUT2D eigenvalue weighted by Crippen LogP contribution is -2.08. The van der Waals surface area contributed by atoms with Crippen LogP contribution in [0.3, 0.4) is 0 Å². The minimum Gasteiger partial charge on any atom is -0.382 e. The van der Waals surface area contributed by atoms with E-state index < -0.39 is 0 Å². The van der Waals surface area contributed by atoms with Crippen molar-refractivity contribution in [3.8, 4) is 0 Å². The van der Waals surface area contributed by atoms with E-state index in [-0.39, 0.29) is 5.82 Å². The fourth-order valence-electron chi connectivity index (χ4n) is 1.79. The Morgan fingerprint density at radius 1 is 1.53 bits per heavy atom. The molecule has 2 rings (SSSR count). The lowest BCUT2D eigenvalue weighted by atomic mass is 10.1. The molecule has 0 amide bonds. The van der Waals surface area contributed by atoms with Gasteiger partial charge in [0.1, 0.15) is 5.82 Å². The van der Waals surface area contributed by atoms with Crippen molar-refractivity contribution >= 4 is 24.0 Å². The Labute approximate surface area is 105 Å². The van der Waals surface area contributed by atoms with Crippen LogP contribution in [0.25, 0.3) is 0 Å². The number of nitrogens with zero attached hydrogens (tertiary/aromatic N) is 2. The molecule has 3 nitrogen and oxygen atoms in total. The molecular formula is C12H16FN3S. The monoisotopic (exact) mass is 253 g/mol. The van der Waals surface area contributed by atoms with Crippen LogP contribution in [0.4, 0.5) is 10.1 Å². The smallest absolute Gasteiger partial charge is 0.139 e. The molecule has 0 saturated heterocycles. The van der Waals surface area contributed by atoms with Gasteiger partial charge in [-0.1, -0.05) is 0 Å². The third-order valence-electron chi connectivity index (χ3n) is 2.51. The number of benzene rings is 1. The highest BCUT2D eigenvalue weighted by atomic mass is 32.2. The van der Waals surface area contributed by atoms with Crippen molar-refractivity contribution in [1.82, 2.24) is 4.90 Å². The number of fused-ring (bicyclic) bond motifs is 1. The molecule has 0 aromatic heterocycles. The highest BCUT2D eigenvalue weighted by molar-refractivity contribution is 7.98. The van der Waals surface area contributed by atoms with Gasteiger partial charge in [0.2, 0.25) is 0 Å². The molecule has 1 aromatic carbocycles. The Kier molecular flexibility index (Phi) is 3.57. The summed E-state index contributed by atoms with van der Waals surface area (Å²) in [6.07, 6.45) is 2.55. The molecule has 0 bridgehead atoms. The summed E-state index contributed by atoms with van der Waals surface area (Å²) in [6, 6.07) is 3.83. The van der Waals surface area contributed by atoms with E-state index in [1.807, 2.05) is 25.1 Å². The third kappa shape index (κ3) is 2.91. The van der Waals surface area contributed by atoms with Crippen LogP contribution in [0.5, 0.6) is 0 Å². The molecule has 0 fully saturated rings. The third-order valence-corrected chi connectivity index (χ3v) is 3.22. The standard InChI is InChI=1S/C12H16FN3S/c1-8-4-9-5-10(13)12(6-11(9)15-8)17-14-7-16(2)3/h5-8,15H,4H2,1-3H3/b14-7+. The fraction of sp³-hybridized carbons (Fsp3) is 0.417. The maximum absolute atomic E-state index is 13.8. The molecule has 1 unspecified atom stereocenters. The Morgan fingerprint density at radius 2 is 2.29 bits per heavy atom. The van der Waals surface area contributed by atoms with Gasteiger partial charge in [0.15, 0.2) is 0 Å². The minimum atomic E-state index is -0.194. The van der Waals surface area contributed by atoms with Crippen molar-refractivity contribution in [1.29, 1.82) is 0 Å². The second kappa shape index (κ2) is 4.96. The van der Waals surface area contributed by atoms with Crippen molar-refractivity contribution in [3.05, 3.63) is 23.5 Å². The Balaban J connectivity index is 2.16. The van der Waals surface area contributed by atoms with Crippen LogP contribution in [0, 0.1) is 5.82 Å². The lowest BCUT2D eigenvalue weighted by molar-refractivity contribution is 0.600. The topological polar surface area (TPSA) is 27.6 Å². The fourth-order valence-corrected chi connectivity index (χ4v) is 2.45. The average molecular weight is 253 g/mol. The summed E-state index contributed by atoms with van der Waals surface area (Å²) < 4.78 is 17.9. The Hall–Kier alpha value is -1.23. The summed E-state index contributed by atoms with van der Waals surface area (Å²) in [5, 5.41) is 3.32. The summed E-state index contributed by atoms with van der Waals surface area (Å²) in [6.45, 7) is 2.09. The van der Waals surface area contributed by atoms with E-state index in [9.17, 15) is 4.39 Å². The highest BCUT2D eigenvalue weighted by Crippen LogP contribution is 2.33. The maximum Gasteiger partial charge on any atom is 0.139 e. The first-order valence-corrected chi connectivity index (χ1v) is 6.29. The van der Waals surface area contributed by atoms with E-state index in [4.69, 9.17) is 0 Å². The Bertz CT molecular complexity index is 446. The summed E-state index contributed by atoms with van der Waals surface area (Å²) in [5.41, 5.74) is 2.08. The van der Waals surface area contributed by atoms with E-state index in [0.29, 0.717) is 10.9 Å². The molecule has 92 valence electrons. The number of nitrogens with one attached hydrogen (secondary N) is 1. The largest absolute Gasteiger partial charge is 0.382 e. The Morgan fingerprint density at radius 3 is 3.00 bits per heavy atom. The van der Waals surface area contributed by atoms with Gasteiger partial charge < -0.3 is 10.2 Å². The zero-order valence-corrected chi connectivity index (χ0v) is 11.0. The van der Waals surface area contributed by atoms with Crippen LogP contribution in [-0.2, 0) is 6.42 Å². The first kappa shape index (κ1) is 12.2.